The van der Waals surface area contributed by atoms with E-state index >= 15 is 0 Å². The van der Waals surface area contributed by atoms with Gasteiger partial charge in [0.25, 0.3) is 0 Å². The van der Waals surface area contributed by atoms with Gasteiger partial charge in [-0.15, -0.1) is 0 Å². The van der Waals surface area contributed by atoms with Crippen LogP contribution in [-0.4, -0.2) is 5.11 Å². The molecule has 0 spiro atoms. The van der Waals surface area contributed by atoms with Crippen LogP contribution < -0.4 is 0 Å². The lowest BCUT2D eigenvalue weighted by Crippen LogP contribution is -2.01. The highest BCUT2D eigenvalue weighted by molar-refractivity contribution is 5.29. The standard InChI is InChI=1S/C13H17FO/c1-4-9(2)7-13(15)12-8-11(14)6-5-10(12)3/h5-6,8,13,15H,2,4,7H2,1,3H3. The highest BCUT2D eigenvalue weighted by Crippen LogP contribution is 2.24. The van der Waals surface area contributed by atoms with Crippen molar-refractivity contribution in [3.8, 4) is 0 Å². The molecule has 1 N–H and O–H groups in total. The number of aliphatic hydroxyl groups is 1. The first kappa shape index (κ1) is 11.9. The zero-order valence-electron chi connectivity index (χ0n) is 9.26. The van der Waals surface area contributed by atoms with Gasteiger partial charge in [0, 0.05) is 0 Å². The Morgan fingerprint density at radius 3 is 2.80 bits per heavy atom. The van der Waals surface area contributed by atoms with Crippen molar-refractivity contribution in [3.63, 3.8) is 0 Å². The van der Waals surface area contributed by atoms with Crippen LogP contribution in [0.4, 0.5) is 4.39 Å². The molecule has 0 bridgehead atoms. The van der Waals surface area contributed by atoms with Crippen LogP contribution >= 0.6 is 0 Å². The van der Waals surface area contributed by atoms with E-state index in [1.54, 1.807) is 6.07 Å². The summed E-state index contributed by atoms with van der Waals surface area (Å²) in [6.07, 6.45) is 0.694. The molecule has 15 heavy (non-hydrogen) atoms. The first-order chi connectivity index (χ1) is 7.04. The molecule has 1 aromatic rings. The van der Waals surface area contributed by atoms with Crippen LogP contribution in [0, 0.1) is 12.7 Å². The molecule has 0 saturated carbocycles. The van der Waals surface area contributed by atoms with E-state index in [0.29, 0.717) is 12.0 Å². The number of benzene rings is 1. The Kier molecular flexibility index (Phi) is 4.04. The van der Waals surface area contributed by atoms with Crippen molar-refractivity contribution in [3.05, 3.63) is 47.3 Å². The average Bonchev–Trinajstić information content (AvgIpc) is 2.21. The lowest BCUT2D eigenvalue weighted by molar-refractivity contribution is 0.176. The summed E-state index contributed by atoms with van der Waals surface area (Å²) in [6, 6.07) is 4.48. The van der Waals surface area contributed by atoms with Gasteiger partial charge in [-0.3, -0.25) is 0 Å². The van der Waals surface area contributed by atoms with Gasteiger partial charge in [-0.1, -0.05) is 25.1 Å². The van der Waals surface area contributed by atoms with Crippen LogP contribution in [0.5, 0.6) is 0 Å². The minimum atomic E-state index is -0.645. The third-order valence-corrected chi connectivity index (χ3v) is 2.58. The highest BCUT2D eigenvalue weighted by Gasteiger charge is 2.11. The monoisotopic (exact) mass is 208 g/mol. The Balaban J connectivity index is 2.85. The van der Waals surface area contributed by atoms with Gasteiger partial charge < -0.3 is 5.11 Å². The van der Waals surface area contributed by atoms with Crippen molar-refractivity contribution in [2.75, 3.05) is 0 Å². The summed E-state index contributed by atoms with van der Waals surface area (Å²) in [7, 11) is 0. The van der Waals surface area contributed by atoms with Gasteiger partial charge in [0.05, 0.1) is 6.10 Å². The molecular weight excluding hydrogens is 191 g/mol. The molecule has 0 radical (unpaired) electrons. The van der Waals surface area contributed by atoms with Gasteiger partial charge in [0.1, 0.15) is 5.82 Å². The summed E-state index contributed by atoms with van der Waals surface area (Å²) in [4.78, 5) is 0. The van der Waals surface area contributed by atoms with E-state index in [1.165, 1.54) is 12.1 Å². The Morgan fingerprint density at radius 2 is 2.20 bits per heavy atom. The fourth-order valence-corrected chi connectivity index (χ4v) is 1.50. The number of aryl methyl sites for hydroxylation is 1. The fraction of sp³-hybridized carbons (Fsp3) is 0.385. The molecule has 0 aromatic heterocycles. The molecule has 1 rings (SSSR count). The van der Waals surface area contributed by atoms with E-state index in [-0.39, 0.29) is 5.82 Å². The zero-order chi connectivity index (χ0) is 11.4. The van der Waals surface area contributed by atoms with E-state index in [1.807, 2.05) is 13.8 Å². The van der Waals surface area contributed by atoms with Crippen molar-refractivity contribution >= 4 is 0 Å². The summed E-state index contributed by atoms with van der Waals surface area (Å²) < 4.78 is 13.0. The molecule has 82 valence electrons. The summed E-state index contributed by atoms with van der Waals surface area (Å²) in [5.74, 6) is -0.309. The largest absolute Gasteiger partial charge is 0.388 e. The SMILES string of the molecule is C=C(CC)CC(O)c1cc(F)ccc1C. The molecule has 0 fully saturated rings. The first-order valence-corrected chi connectivity index (χ1v) is 5.15. The second-order valence-electron chi connectivity index (χ2n) is 3.82. The molecule has 0 heterocycles. The Bertz CT molecular complexity index is 358. The van der Waals surface area contributed by atoms with Gasteiger partial charge in [0.15, 0.2) is 0 Å². The maximum absolute atomic E-state index is 13.0. The lowest BCUT2D eigenvalue weighted by atomic mass is 9.97. The van der Waals surface area contributed by atoms with Crippen LogP contribution in [0.1, 0.15) is 37.0 Å². The molecule has 0 amide bonds. The topological polar surface area (TPSA) is 20.2 Å². The van der Waals surface area contributed by atoms with Gasteiger partial charge in [-0.05, 0) is 43.0 Å². The van der Waals surface area contributed by atoms with Gasteiger partial charge >= 0.3 is 0 Å². The second kappa shape index (κ2) is 5.08. The lowest BCUT2D eigenvalue weighted by Gasteiger charge is -2.14. The number of rotatable bonds is 4. The van der Waals surface area contributed by atoms with Gasteiger partial charge in [-0.25, -0.2) is 4.39 Å². The van der Waals surface area contributed by atoms with Crippen molar-refractivity contribution < 1.29 is 9.50 Å². The molecule has 1 atom stereocenters. The van der Waals surface area contributed by atoms with Crippen LogP contribution in [0.15, 0.2) is 30.4 Å². The van der Waals surface area contributed by atoms with Crippen LogP contribution in [-0.2, 0) is 0 Å². The molecule has 0 saturated heterocycles. The number of hydrogen-bond acceptors (Lipinski definition) is 1. The summed E-state index contributed by atoms with van der Waals surface area (Å²) in [6.45, 7) is 7.70. The van der Waals surface area contributed by atoms with E-state index in [0.717, 1.165) is 17.6 Å². The minimum absolute atomic E-state index is 0.309. The third-order valence-electron chi connectivity index (χ3n) is 2.58. The predicted molar refractivity (Wildman–Crippen MR) is 60.1 cm³/mol. The Morgan fingerprint density at radius 1 is 1.53 bits per heavy atom. The number of aliphatic hydroxyl groups excluding tert-OH is 1. The normalized spacial score (nSPS) is 12.5. The smallest absolute Gasteiger partial charge is 0.123 e. The average molecular weight is 208 g/mol. The maximum atomic E-state index is 13.0. The molecule has 1 aromatic carbocycles. The van der Waals surface area contributed by atoms with E-state index in [2.05, 4.69) is 6.58 Å². The summed E-state index contributed by atoms with van der Waals surface area (Å²) >= 11 is 0. The summed E-state index contributed by atoms with van der Waals surface area (Å²) in [5, 5.41) is 9.90. The molecule has 1 unspecified atom stereocenters. The van der Waals surface area contributed by atoms with Crippen LogP contribution in [0.3, 0.4) is 0 Å². The van der Waals surface area contributed by atoms with Gasteiger partial charge in [-0.2, -0.15) is 0 Å². The molecule has 2 heteroatoms. The number of halogens is 1. The fourth-order valence-electron chi connectivity index (χ4n) is 1.50. The second-order valence-corrected chi connectivity index (χ2v) is 3.82. The molecule has 1 nitrogen and oxygen atoms in total. The zero-order valence-corrected chi connectivity index (χ0v) is 9.26. The van der Waals surface area contributed by atoms with Crippen molar-refractivity contribution in [1.82, 2.24) is 0 Å². The van der Waals surface area contributed by atoms with Crippen molar-refractivity contribution in [2.45, 2.75) is 32.8 Å². The molecule has 0 aliphatic rings. The third kappa shape index (κ3) is 3.17. The van der Waals surface area contributed by atoms with E-state index in [9.17, 15) is 9.50 Å². The molecular formula is C13H17FO. The highest BCUT2D eigenvalue weighted by atomic mass is 19.1. The van der Waals surface area contributed by atoms with Gasteiger partial charge in [0.2, 0.25) is 0 Å². The predicted octanol–water partition coefficient (Wildman–Crippen LogP) is 3.52. The minimum Gasteiger partial charge on any atom is -0.388 e. The van der Waals surface area contributed by atoms with Crippen LogP contribution in [0.25, 0.3) is 0 Å². The molecule has 0 aliphatic carbocycles. The Hall–Kier alpha value is -1.15. The summed E-state index contributed by atoms with van der Waals surface area (Å²) in [5.41, 5.74) is 2.54. The van der Waals surface area contributed by atoms with E-state index < -0.39 is 6.10 Å². The first-order valence-electron chi connectivity index (χ1n) is 5.15. The van der Waals surface area contributed by atoms with Crippen molar-refractivity contribution in [1.29, 1.82) is 0 Å². The van der Waals surface area contributed by atoms with E-state index in [4.69, 9.17) is 0 Å². The maximum Gasteiger partial charge on any atom is 0.123 e. The molecule has 0 aliphatic heterocycles. The quantitative estimate of drug-likeness (QED) is 0.750. The van der Waals surface area contributed by atoms with Crippen molar-refractivity contribution in [2.24, 2.45) is 0 Å². The number of hydrogen-bond donors (Lipinski definition) is 1. The van der Waals surface area contributed by atoms with Crippen LogP contribution in [0.2, 0.25) is 0 Å². The Labute approximate surface area is 90.3 Å².